The monoisotopic (exact) mass is 308 g/mol. The highest BCUT2D eigenvalue weighted by molar-refractivity contribution is 6.30. The third kappa shape index (κ3) is 2.70. The number of anilines is 1. The number of aromatic nitrogens is 2. The van der Waals surface area contributed by atoms with Crippen molar-refractivity contribution >= 4 is 17.4 Å². The van der Waals surface area contributed by atoms with Gasteiger partial charge in [0.05, 0.1) is 0 Å². The maximum Gasteiger partial charge on any atom is 0.150 e. The maximum atomic E-state index is 13.5. The van der Waals surface area contributed by atoms with Gasteiger partial charge >= 0.3 is 0 Å². The van der Waals surface area contributed by atoms with Crippen LogP contribution in [0.5, 0.6) is 0 Å². The highest BCUT2D eigenvalue weighted by atomic mass is 35.5. The Morgan fingerprint density at radius 1 is 1.19 bits per heavy atom. The molecule has 112 valence electrons. The summed E-state index contributed by atoms with van der Waals surface area (Å²) in [6, 6.07) is 4.27. The molecular formula is C15H18ClFN4. The molecule has 6 heteroatoms. The van der Waals surface area contributed by atoms with Crippen LogP contribution in [-0.2, 0) is 0 Å². The second-order valence-corrected chi connectivity index (χ2v) is 6.00. The van der Waals surface area contributed by atoms with Crippen LogP contribution in [0.1, 0.15) is 43.8 Å². The lowest BCUT2D eigenvalue weighted by Gasteiger charge is -2.20. The van der Waals surface area contributed by atoms with Crippen LogP contribution in [0.3, 0.4) is 0 Å². The summed E-state index contributed by atoms with van der Waals surface area (Å²) in [7, 11) is 0. The lowest BCUT2D eigenvalue weighted by Crippen LogP contribution is -2.19. The van der Waals surface area contributed by atoms with Gasteiger partial charge in [0.2, 0.25) is 0 Å². The maximum absolute atomic E-state index is 13.5. The topological polar surface area (TPSA) is 69.9 Å². The summed E-state index contributed by atoms with van der Waals surface area (Å²) in [6.45, 7) is 0. The molecule has 1 fully saturated rings. The fourth-order valence-corrected chi connectivity index (χ4v) is 3.24. The molecule has 0 saturated heterocycles. The molecule has 0 atom stereocenters. The van der Waals surface area contributed by atoms with Gasteiger partial charge in [-0.15, -0.1) is 0 Å². The summed E-state index contributed by atoms with van der Waals surface area (Å²) < 4.78 is 15.0. The Labute approximate surface area is 127 Å². The molecule has 21 heavy (non-hydrogen) atoms. The Morgan fingerprint density at radius 3 is 2.57 bits per heavy atom. The Kier molecular flexibility index (Phi) is 3.76. The minimum Gasteiger partial charge on any atom is -0.382 e. The van der Waals surface area contributed by atoms with Crippen molar-refractivity contribution in [3.8, 4) is 11.3 Å². The molecule has 4 nitrogen and oxygen atoms in total. The first-order chi connectivity index (χ1) is 10.1. The molecular weight excluding hydrogens is 291 g/mol. The van der Waals surface area contributed by atoms with Crippen LogP contribution < -0.4 is 11.6 Å². The van der Waals surface area contributed by atoms with E-state index in [1.807, 2.05) is 0 Å². The van der Waals surface area contributed by atoms with Gasteiger partial charge < -0.3 is 11.6 Å². The van der Waals surface area contributed by atoms with Crippen LogP contribution in [0.4, 0.5) is 10.2 Å². The summed E-state index contributed by atoms with van der Waals surface area (Å²) in [5.74, 6) is 7.08. The van der Waals surface area contributed by atoms with Gasteiger partial charge in [0, 0.05) is 16.5 Å². The fraction of sp³-hybridized carbons (Fsp3) is 0.400. The first-order valence-corrected chi connectivity index (χ1v) is 7.53. The van der Waals surface area contributed by atoms with E-state index in [4.69, 9.17) is 23.2 Å². The van der Waals surface area contributed by atoms with E-state index >= 15 is 0 Å². The van der Waals surface area contributed by atoms with Gasteiger partial charge in [0.25, 0.3) is 0 Å². The van der Waals surface area contributed by atoms with E-state index < -0.39 is 5.82 Å². The third-order valence-corrected chi connectivity index (χ3v) is 4.30. The molecule has 0 unspecified atom stereocenters. The number of halogens is 2. The van der Waals surface area contributed by atoms with E-state index in [1.165, 1.54) is 36.1 Å². The van der Waals surface area contributed by atoms with Crippen LogP contribution in [0.2, 0.25) is 5.02 Å². The van der Waals surface area contributed by atoms with Crippen molar-refractivity contribution < 1.29 is 4.39 Å². The normalized spacial score (nSPS) is 16.3. The Morgan fingerprint density at radius 2 is 1.90 bits per heavy atom. The lowest BCUT2D eigenvalue weighted by atomic mass is 9.89. The minimum absolute atomic E-state index is 0.315. The molecule has 3 rings (SSSR count). The van der Waals surface area contributed by atoms with E-state index in [-0.39, 0.29) is 0 Å². The van der Waals surface area contributed by atoms with E-state index in [9.17, 15) is 4.39 Å². The zero-order valence-corrected chi connectivity index (χ0v) is 12.4. The number of hydrogen-bond donors (Lipinski definition) is 2. The molecule has 0 bridgehead atoms. The van der Waals surface area contributed by atoms with E-state index in [2.05, 4.69) is 4.98 Å². The highest BCUT2D eigenvalue weighted by Gasteiger charge is 2.24. The Balaban J connectivity index is 2.03. The van der Waals surface area contributed by atoms with Crippen molar-refractivity contribution in [2.24, 2.45) is 0 Å². The van der Waals surface area contributed by atoms with Crippen molar-refractivity contribution in [1.82, 2.24) is 9.66 Å². The second-order valence-electron chi connectivity index (χ2n) is 5.57. The van der Waals surface area contributed by atoms with Crippen LogP contribution >= 0.6 is 11.6 Å². The van der Waals surface area contributed by atoms with Gasteiger partial charge in [-0.3, -0.25) is 0 Å². The first-order valence-electron chi connectivity index (χ1n) is 7.16. The quantitative estimate of drug-likeness (QED) is 0.831. The van der Waals surface area contributed by atoms with Crippen LogP contribution in [0.25, 0.3) is 11.3 Å². The number of nitrogen functional groups attached to an aromatic ring is 2. The van der Waals surface area contributed by atoms with Gasteiger partial charge in [-0.2, -0.15) is 0 Å². The third-order valence-electron chi connectivity index (χ3n) is 4.08. The molecule has 1 aromatic carbocycles. The zero-order valence-electron chi connectivity index (χ0n) is 11.6. The van der Waals surface area contributed by atoms with Crippen LogP contribution in [0, 0.1) is 5.82 Å². The zero-order chi connectivity index (χ0) is 15.0. The van der Waals surface area contributed by atoms with Crippen molar-refractivity contribution in [1.29, 1.82) is 0 Å². The van der Waals surface area contributed by atoms with Gasteiger partial charge in [-0.1, -0.05) is 30.9 Å². The van der Waals surface area contributed by atoms with Gasteiger partial charge in [-0.05, 0) is 31.0 Å². The summed E-state index contributed by atoms with van der Waals surface area (Å²) in [4.78, 5) is 4.57. The highest BCUT2D eigenvalue weighted by Crippen LogP contribution is 2.35. The summed E-state index contributed by atoms with van der Waals surface area (Å²) in [5, 5.41) is 0.315. The van der Waals surface area contributed by atoms with Crippen molar-refractivity contribution in [2.45, 2.75) is 38.0 Å². The van der Waals surface area contributed by atoms with Crippen molar-refractivity contribution in [2.75, 3.05) is 11.6 Å². The molecule has 0 amide bonds. The van der Waals surface area contributed by atoms with Crippen molar-refractivity contribution in [3.05, 3.63) is 34.9 Å². The predicted octanol–water partition coefficient (Wildman–Crippen LogP) is 3.69. The average molecular weight is 309 g/mol. The number of nitrogens with zero attached hydrogens (tertiary/aromatic N) is 2. The molecule has 0 radical (unpaired) electrons. The van der Waals surface area contributed by atoms with E-state index in [0.29, 0.717) is 28.0 Å². The van der Waals surface area contributed by atoms with E-state index in [0.717, 1.165) is 18.7 Å². The lowest BCUT2D eigenvalue weighted by molar-refractivity contribution is 0.424. The largest absolute Gasteiger partial charge is 0.382 e. The first kappa shape index (κ1) is 14.2. The molecule has 1 aromatic heterocycles. The fourth-order valence-electron chi connectivity index (χ4n) is 3.01. The predicted molar refractivity (Wildman–Crippen MR) is 83.0 cm³/mol. The average Bonchev–Trinajstić information content (AvgIpc) is 2.75. The Bertz CT molecular complexity index is 642. The molecule has 2 aromatic rings. The summed E-state index contributed by atoms with van der Waals surface area (Å²) >= 11 is 5.90. The van der Waals surface area contributed by atoms with Crippen LogP contribution in [0.15, 0.2) is 18.2 Å². The molecule has 1 aliphatic carbocycles. The SMILES string of the molecule is Nc1c(-c2cc(F)cc(Cl)c2)nc(C2CCCCC2)n1N. The smallest absolute Gasteiger partial charge is 0.150 e. The molecule has 4 N–H and O–H groups in total. The molecule has 1 saturated carbocycles. The minimum atomic E-state index is -0.414. The van der Waals surface area contributed by atoms with Crippen molar-refractivity contribution in [3.63, 3.8) is 0 Å². The number of benzene rings is 1. The molecule has 1 aliphatic rings. The number of nitrogens with two attached hydrogens (primary N) is 2. The van der Waals surface area contributed by atoms with Crippen LogP contribution in [-0.4, -0.2) is 9.66 Å². The second kappa shape index (κ2) is 5.56. The van der Waals surface area contributed by atoms with E-state index in [1.54, 1.807) is 6.07 Å². The molecule has 1 heterocycles. The standard InChI is InChI=1S/C15H18ClFN4/c16-11-6-10(7-12(17)8-11)13-14(18)21(19)15(20-13)9-4-2-1-3-5-9/h6-9H,1-5,18-19H2. The molecule has 0 aliphatic heterocycles. The summed E-state index contributed by atoms with van der Waals surface area (Å²) in [5.41, 5.74) is 7.11. The number of imidazole rings is 1. The summed E-state index contributed by atoms with van der Waals surface area (Å²) in [6.07, 6.45) is 5.74. The number of hydrogen-bond acceptors (Lipinski definition) is 3. The van der Waals surface area contributed by atoms with Gasteiger partial charge in [0.15, 0.2) is 5.82 Å². The molecule has 0 spiro atoms. The number of rotatable bonds is 2. The van der Waals surface area contributed by atoms with Gasteiger partial charge in [-0.25, -0.2) is 14.1 Å². The Hall–Kier alpha value is -1.75. The van der Waals surface area contributed by atoms with Gasteiger partial charge in [0.1, 0.15) is 17.3 Å².